The van der Waals surface area contributed by atoms with Crippen molar-refractivity contribution in [2.45, 2.75) is 44.2 Å². The minimum absolute atomic E-state index is 0.309. The van der Waals surface area contributed by atoms with Crippen LogP contribution in [0.3, 0.4) is 0 Å². The quantitative estimate of drug-likeness (QED) is 0.632. The number of nitrogens with one attached hydrogen (secondary N) is 1. The molecule has 2 heterocycles. The molecule has 2 aromatic carbocycles. The fourth-order valence-corrected chi connectivity index (χ4v) is 4.73. The third-order valence-electron chi connectivity index (χ3n) is 6.50. The van der Waals surface area contributed by atoms with Gasteiger partial charge in [0.05, 0.1) is 0 Å². The second kappa shape index (κ2) is 10.3. The lowest BCUT2D eigenvalue weighted by Gasteiger charge is -2.32. The Bertz CT molecular complexity index is 980. The third-order valence-corrected chi connectivity index (χ3v) is 6.50. The number of likely N-dealkylation sites (tertiary alicyclic amines) is 1. The van der Waals surface area contributed by atoms with Gasteiger partial charge in [0, 0.05) is 6.54 Å². The lowest BCUT2D eigenvalue weighted by Crippen LogP contribution is -2.43. The Morgan fingerprint density at radius 1 is 1.06 bits per heavy atom. The average molecular weight is 458 g/mol. The van der Waals surface area contributed by atoms with Crippen molar-refractivity contribution in [3.63, 3.8) is 0 Å². The van der Waals surface area contributed by atoms with Crippen molar-refractivity contribution < 1.29 is 23.1 Å². The largest absolute Gasteiger partial charge is 0.443 e. The molecule has 0 aromatic heterocycles. The SMILES string of the molecule is C[C@H]1OC(=O)N(C(=O)NCCCN2CCC(c3ccccc3)CC2)[C@H]1c1ccc(F)c(F)c1. The van der Waals surface area contributed by atoms with Crippen molar-refractivity contribution in [3.05, 3.63) is 71.3 Å². The molecular formula is C25H29F2N3O3. The van der Waals surface area contributed by atoms with Crippen LogP contribution in [0.1, 0.15) is 49.3 Å². The molecule has 2 fully saturated rings. The number of benzene rings is 2. The van der Waals surface area contributed by atoms with Crippen LogP contribution in [0.5, 0.6) is 0 Å². The number of amides is 3. The topological polar surface area (TPSA) is 61.9 Å². The zero-order valence-electron chi connectivity index (χ0n) is 18.7. The smallest absolute Gasteiger partial charge is 0.419 e. The molecular weight excluding hydrogens is 428 g/mol. The molecule has 8 heteroatoms. The Labute approximate surface area is 192 Å². The molecule has 33 heavy (non-hydrogen) atoms. The Hall–Kier alpha value is -3.00. The number of ether oxygens (including phenoxy) is 1. The van der Waals surface area contributed by atoms with E-state index in [1.54, 1.807) is 6.92 Å². The maximum Gasteiger partial charge on any atom is 0.419 e. The fourth-order valence-electron chi connectivity index (χ4n) is 4.73. The number of nitrogens with zero attached hydrogens (tertiary/aromatic N) is 2. The van der Waals surface area contributed by atoms with Gasteiger partial charge < -0.3 is 15.0 Å². The maximum absolute atomic E-state index is 13.7. The van der Waals surface area contributed by atoms with Crippen LogP contribution in [0.25, 0.3) is 0 Å². The predicted molar refractivity (Wildman–Crippen MR) is 120 cm³/mol. The van der Waals surface area contributed by atoms with Crippen LogP contribution in [0.2, 0.25) is 0 Å². The minimum atomic E-state index is -1.03. The summed E-state index contributed by atoms with van der Waals surface area (Å²) in [6, 6.07) is 12.5. The lowest BCUT2D eigenvalue weighted by molar-refractivity contribution is 0.138. The highest BCUT2D eigenvalue weighted by Gasteiger charge is 2.44. The molecule has 6 nitrogen and oxygen atoms in total. The molecule has 0 aliphatic carbocycles. The number of carbonyl (C=O) groups is 2. The van der Waals surface area contributed by atoms with E-state index in [-0.39, 0.29) is 0 Å². The highest BCUT2D eigenvalue weighted by atomic mass is 19.2. The van der Waals surface area contributed by atoms with Gasteiger partial charge in [-0.05, 0) is 75.0 Å². The minimum Gasteiger partial charge on any atom is -0.443 e. The van der Waals surface area contributed by atoms with E-state index in [4.69, 9.17) is 4.74 Å². The number of imide groups is 1. The molecule has 2 atom stereocenters. The molecule has 2 aromatic rings. The van der Waals surface area contributed by atoms with Crippen molar-refractivity contribution >= 4 is 12.1 Å². The summed E-state index contributed by atoms with van der Waals surface area (Å²) in [6.07, 6.45) is 1.51. The number of hydrogen-bond donors (Lipinski definition) is 1. The normalized spacial score (nSPS) is 21.8. The molecule has 0 radical (unpaired) electrons. The van der Waals surface area contributed by atoms with Gasteiger partial charge in [-0.1, -0.05) is 36.4 Å². The average Bonchev–Trinajstić information content (AvgIpc) is 3.13. The van der Waals surface area contributed by atoms with Crippen LogP contribution in [0, 0.1) is 11.6 Å². The molecule has 176 valence electrons. The predicted octanol–water partition coefficient (Wildman–Crippen LogP) is 4.83. The summed E-state index contributed by atoms with van der Waals surface area (Å²) in [5, 5.41) is 2.77. The van der Waals surface area contributed by atoms with E-state index in [0.717, 1.165) is 55.9 Å². The first-order valence-electron chi connectivity index (χ1n) is 11.4. The number of halogens is 2. The molecule has 0 bridgehead atoms. The van der Waals surface area contributed by atoms with E-state index in [2.05, 4.69) is 34.5 Å². The van der Waals surface area contributed by atoms with Crippen LogP contribution in [0.15, 0.2) is 48.5 Å². The van der Waals surface area contributed by atoms with Crippen molar-refractivity contribution in [2.75, 3.05) is 26.2 Å². The van der Waals surface area contributed by atoms with Crippen molar-refractivity contribution in [2.24, 2.45) is 0 Å². The maximum atomic E-state index is 13.7. The zero-order chi connectivity index (χ0) is 23.4. The van der Waals surface area contributed by atoms with Crippen LogP contribution >= 0.6 is 0 Å². The second-order valence-corrected chi connectivity index (χ2v) is 8.69. The number of cyclic esters (lactones) is 1. The van der Waals surface area contributed by atoms with E-state index in [1.165, 1.54) is 11.6 Å². The third kappa shape index (κ3) is 5.33. The molecule has 4 rings (SSSR count). The van der Waals surface area contributed by atoms with Crippen LogP contribution in [-0.4, -0.2) is 54.2 Å². The second-order valence-electron chi connectivity index (χ2n) is 8.69. The van der Waals surface area contributed by atoms with Gasteiger partial charge in [0.25, 0.3) is 0 Å². The summed E-state index contributed by atoms with van der Waals surface area (Å²) in [6.45, 7) is 4.91. The van der Waals surface area contributed by atoms with Gasteiger partial charge >= 0.3 is 12.1 Å². The summed E-state index contributed by atoms with van der Waals surface area (Å²) in [5.74, 6) is -1.42. The first-order chi connectivity index (χ1) is 15.9. The highest BCUT2D eigenvalue weighted by Crippen LogP contribution is 2.34. The van der Waals surface area contributed by atoms with E-state index in [1.807, 2.05) is 6.07 Å². The van der Waals surface area contributed by atoms with Gasteiger partial charge in [0.2, 0.25) is 0 Å². The molecule has 2 saturated heterocycles. The standard InChI is InChI=1S/C25H29F2N3O3/c1-17-23(20-8-9-21(26)22(27)16-20)30(25(32)33-17)24(31)28-12-5-13-29-14-10-19(11-15-29)18-6-3-2-4-7-18/h2-4,6-9,16-17,19,23H,5,10-15H2,1H3,(H,28,31)/t17-,23-/m1/s1. The molecule has 2 aliphatic rings. The number of urea groups is 1. The Morgan fingerprint density at radius 2 is 1.79 bits per heavy atom. The zero-order valence-corrected chi connectivity index (χ0v) is 18.7. The monoisotopic (exact) mass is 457 g/mol. The highest BCUT2D eigenvalue weighted by molar-refractivity contribution is 5.93. The molecule has 2 aliphatic heterocycles. The van der Waals surface area contributed by atoms with Crippen LogP contribution in [-0.2, 0) is 4.74 Å². The van der Waals surface area contributed by atoms with Crippen LogP contribution in [0.4, 0.5) is 18.4 Å². The summed E-state index contributed by atoms with van der Waals surface area (Å²) in [4.78, 5) is 28.3. The van der Waals surface area contributed by atoms with Gasteiger partial charge in [0.1, 0.15) is 12.1 Å². The first-order valence-corrected chi connectivity index (χ1v) is 11.4. The van der Waals surface area contributed by atoms with Crippen LogP contribution < -0.4 is 5.32 Å². The van der Waals surface area contributed by atoms with E-state index in [0.29, 0.717) is 18.0 Å². The van der Waals surface area contributed by atoms with Crippen molar-refractivity contribution in [1.82, 2.24) is 15.1 Å². The Kier molecular flexibility index (Phi) is 7.23. The molecule has 1 N–H and O–H groups in total. The van der Waals surface area contributed by atoms with E-state index < -0.39 is 35.9 Å². The number of carbonyl (C=O) groups excluding carboxylic acids is 2. The number of hydrogen-bond acceptors (Lipinski definition) is 4. The summed E-state index contributed by atoms with van der Waals surface area (Å²) in [7, 11) is 0. The molecule has 0 spiro atoms. The van der Waals surface area contributed by atoms with Gasteiger partial charge in [-0.2, -0.15) is 0 Å². The number of rotatable bonds is 6. The van der Waals surface area contributed by atoms with E-state index >= 15 is 0 Å². The summed E-state index contributed by atoms with van der Waals surface area (Å²) in [5.41, 5.74) is 1.70. The fraction of sp³-hybridized carbons (Fsp3) is 0.440. The molecule has 0 saturated carbocycles. The van der Waals surface area contributed by atoms with Crippen molar-refractivity contribution in [1.29, 1.82) is 0 Å². The summed E-state index contributed by atoms with van der Waals surface area (Å²) >= 11 is 0. The van der Waals surface area contributed by atoms with Gasteiger partial charge in [0.15, 0.2) is 11.6 Å². The Balaban J connectivity index is 1.25. The first kappa shape index (κ1) is 23.2. The number of piperidine rings is 1. The lowest BCUT2D eigenvalue weighted by atomic mass is 9.89. The van der Waals surface area contributed by atoms with Gasteiger partial charge in [-0.25, -0.2) is 23.3 Å². The van der Waals surface area contributed by atoms with Gasteiger partial charge in [-0.3, -0.25) is 0 Å². The molecule has 3 amide bonds. The summed E-state index contributed by atoms with van der Waals surface area (Å²) < 4.78 is 32.2. The Morgan fingerprint density at radius 3 is 2.48 bits per heavy atom. The van der Waals surface area contributed by atoms with Gasteiger partial charge in [-0.15, -0.1) is 0 Å². The molecule has 0 unspecified atom stereocenters. The van der Waals surface area contributed by atoms with Crippen molar-refractivity contribution in [3.8, 4) is 0 Å². The van der Waals surface area contributed by atoms with E-state index in [9.17, 15) is 18.4 Å².